The van der Waals surface area contributed by atoms with Crippen LogP contribution in [-0.4, -0.2) is 38.8 Å². The molecule has 27 heavy (non-hydrogen) atoms. The van der Waals surface area contributed by atoms with Crippen LogP contribution in [0.3, 0.4) is 0 Å². The van der Waals surface area contributed by atoms with Gasteiger partial charge in [0.15, 0.2) is 0 Å². The molecule has 0 unspecified atom stereocenters. The van der Waals surface area contributed by atoms with Gasteiger partial charge in [-0.1, -0.05) is 19.1 Å². The molecule has 0 aliphatic carbocycles. The van der Waals surface area contributed by atoms with E-state index >= 15 is 0 Å². The second-order valence-electron chi connectivity index (χ2n) is 7.68. The van der Waals surface area contributed by atoms with Crippen LogP contribution in [0.25, 0.3) is 11.0 Å². The Kier molecular flexibility index (Phi) is 5.48. The first kappa shape index (κ1) is 19.3. The molecule has 6 nitrogen and oxygen atoms in total. The van der Waals surface area contributed by atoms with E-state index in [1.807, 2.05) is 45.0 Å². The standard InChI is InChI=1S/C21H29N5O/c1-6-16-9-15(11-22-13-21(2,3)27)7-8-18(16)26(5)20-10-19-17(12-23-20)24-14-25(19)4/h7-10,12,14,22,27H,6,11,13H2,1-5H3. The number of rotatable bonds is 7. The predicted molar refractivity (Wildman–Crippen MR) is 110 cm³/mol. The van der Waals surface area contributed by atoms with Gasteiger partial charge in [-0.2, -0.15) is 0 Å². The minimum Gasteiger partial charge on any atom is -0.389 e. The second kappa shape index (κ2) is 7.66. The number of nitrogens with one attached hydrogen (secondary N) is 1. The fourth-order valence-electron chi connectivity index (χ4n) is 3.20. The Hall–Kier alpha value is -2.44. The van der Waals surface area contributed by atoms with Crippen molar-refractivity contribution in [3.8, 4) is 0 Å². The fraction of sp³-hybridized carbons (Fsp3) is 0.429. The molecule has 2 aromatic heterocycles. The summed E-state index contributed by atoms with van der Waals surface area (Å²) in [6.45, 7) is 7.08. The van der Waals surface area contributed by atoms with Crippen LogP contribution in [0.1, 0.15) is 31.9 Å². The molecule has 3 rings (SSSR count). The minimum atomic E-state index is -0.705. The molecule has 0 aliphatic rings. The summed E-state index contributed by atoms with van der Waals surface area (Å²) in [7, 11) is 4.04. The summed E-state index contributed by atoms with van der Waals surface area (Å²) in [5.41, 5.74) is 4.90. The molecule has 0 amide bonds. The Balaban J connectivity index is 1.82. The molecule has 0 bridgehead atoms. The summed E-state index contributed by atoms with van der Waals surface area (Å²) >= 11 is 0. The lowest BCUT2D eigenvalue weighted by Crippen LogP contribution is -2.34. The third-order valence-electron chi connectivity index (χ3n) is 4.71. The number of hydrogen-bond donors (Lipinski definition) is 2. The first-order valence-corrected chi connectivity index (χ1v) is 9.34. The highest BCUT2D eigenvalue weighted by Gasteiger charge is 2.14. The molecule has 3 aromatic rings. The SMILES string of the molecule is CCc1cc(CNCC(C)(C)O)ccc1N(C)c1cc2c(cn1)ncn2C. The third kappa shape index (κ3) is 4.46. The largest absolute Gasteiger partial charge is 0.389 e. The van der Waals surface area contributed by atoms with Crippen molar-refractivity contribution in [2.24, 2.45) is 7.05 Å². The van der Waals surface area contributed by atoms with Crippen molar-refractivity contribution in [2.75, 3.05) is 18.5 Å². The van der Waals surface area contributed by atoms with Gasteiger partial charge in [-0.25, -0.2) is 9.97 Å². The lowest BCUT2D eigenvalue weighted by Gasteiger charge is -2.23. The van der Waals surface area contributed by atoms with Crippen LogP contribution in [0, 0.1) is 0 Å². The lowest BCUT2D eigenvalue weighted by atomic mass is 10.0. The van der Waals surface area contributed by atoms with Crippen molar-refractivity contribution < 1.29 is 5.11 Å². The zero-order valence-corrected chi connectivity index (χ0v) is 16.8. The number of aliphatic hydroxyl groups is 1. The van der Waals surface area contributed by atoms with E-state index in [2.05, 4.69) is 51.4 Å². The molecule has 0 radical (unpaired) electrons. The van der Waals surface area contributed by atoms with E-state index in [9.17, 15) is 5.11 Å². The smallest absolute Gasteiger partial charge is 0.134 e. The number of aromatic nitrogens is 3. The minimum absolute atomic E-state index is 0.560. The van der Waals surface area contributed by atoms with E-state index in [-0.39, 0.29) is 0 Å². The summed E-state index contributed by atoms with van der Waals surface area (Å²) in [5.74, 6) is 0.897. The van der Waals surface area contributed by atoms with Gasteiger partial charge < -0.3 is 19.9 Å². The van der Waals surface area contributed by atoms with E-state index in [0.717, 1.165) is 35.5 Å². The summed E-state index contributed by atoms with van der Waals surface area (Å²) < 4.78 is 2.01. The zero-order valence-electron chi connectivity index (χ0n) is 16.8. The Labute approximate surface area is 160 Å². The zero-order chi connectivity index (χ0) is 19.6. The number of aryl methyl sites for hydroxylation is 2. The number of anilines is 2. The van der Waals surface area contributed by atoms with Crippen LogP contribution < -0.4 is 10.2 Å². The van der Waals surface area contributed by atoms with Crippen molar-refractivity contribution in [2.45, 2.75) is 39.3 Å². The molecular weight excluding hydrogens is 338 g/mol. The summed E-state index contributed by atoms with van der Waals surface area (Å²) in [4.78, 5) is 11.0. The third-order valence-corrected chi connectivity index (χ3v) is 4.71. The van der Waals surface area contributed by atoms with Gasteiger partial charge >= 0.3 is 0 Å². The average molecular weight is 367 g/mol. The van der Waals surface area contributed by atoms with Gasteiger partial charge in [0.05, 0.1) is 23.6 Å². The van der Waals surface area contributed by atoms with Crippen LogP contribution in [0.2, 0.25) is 0 Å². The van der Waals surface area contributed by atoms with E-state index in [4.69, 9.17) is 0 Å². The predicted octanol–water partition coefficient (Wildman–Crippen LogP) is 3.16. The molecular formula is C21H29N5O. The maximum atomic E-state index is 9.84. The molecule has 1 aromatic carbocycles. The number of pyridine rings is 1. The van der Waals surface area contributed by atoms with Gasteiger partial charge in [0, 0.05) is 38.9 Å². The summed E-state index contributed by atoms with van der Waals surface area (Å²) in [6.07, 6.45) is 4.57. The fourth-order valence-corrected chi connectivity index (χ4v) is 3.20. The first-order valence-electron chi connectivity index (χ1n) is 9.34. The Morgan fingerprint density at radius 2 is 2.00 bits per heavy atom. The normalized spacial score (nSPS) is 11.9. The summed E-state index contributed by atoms with van der Waals surface area (Å²) in [5, 5.41) is 13.1. The molecule has 2 N–H and O–H groups in total. The average Bonchev–Trinajstić information content (AvgIpc) is 3.00. The molecule has 0 saturated carbocycles. The highest BCUT2D eigenvalue weighted by molar-refractivity contribution is 5.79. The monoisotopic (exact) mass is 367 g/mol. The van der Waals surface area contributed by atoms with Gasteiger partial charge in [-0.05, 0) is 37.5 Å². The van der Waals surface area contributed by atoms with Crippen LogP contribution in [0.15, 0.2) is 36.8 Å². The molecule has 0 spiro atoms. The van der Waals surface area contributed by atoms with Crippen molar-refractivity contribution in [1.82, 2.24) is 19.9 Å². The van der Waals surface area contributed by atoms with Gasteiger partial charge in [0.25, 0.3) is 0 Å². The first-order chi connectivity index (χ1) is 12.8. The van der Waals surface area contributed by atoms with E-state index in [1.54, 1.807) is 0 Å². The highest BCUT2D eigenvalue weighted by Crippen LogP contribution is 2.28. The van der Waals surface area contributed by atoms with Gasteiger partial charge in [0.1, 0.15) is 11.3 Å². The van der Waals surface area contributed by atoms with E-state index in [0.29, 0.717) is 6.54 Å². The molecule has 0 saturated heterocycles. The van der Waals surface area contributed by atoms with Gasteiger partial charge in [-0.15, -0.1) is 0 Å². The van der Waals surface area contributed by atoms with Crippen molar-refractivity contribution in [1.29, 1.82) is 0 Å². The quantitative estimate of drug-likeness (QED) is 0.671. The summed E-state index contributed by atoms with van der Waals surface area (Å²) in [6, 6.07) is 8.58. The second-order valence-corrected chi connectivity index (χ2v) is 7.68. The van der Waals surface area contributed by atoms with Crippen molar-refractivity contribution in [3.63, 3.8) is 0 Å². The maximum absolute atomic E-state index is 9.84. The topological polar surface area (TPSA) is 66.2 Å². The number of fused-ring (bicyclic) bond motifs is 1. The van der Waals surface area contributed by atoms with Gasteiger partial charge in [0.2, 0.25) is 0 Å². The van der Waals surface area contributed by atoms with Crippen molar-refractivity contribution >= 4 is 22.5 Å². The molecule has 6 heteroatoms. The van der Waals surface area contributed by atoms with Crippen LogP contribution in [0.5, 0.6) is 0 Å². The Morgan fingerprint density at radius 3 is 2.70 bits per heavy atom. The molecule has 144 valence electrons. The van der Waals surface area contributed by atoms with Crippen molar-refractivity contribution in [3.05, 3.63) is 47.9 Å². The number of nitrogens with zero attached hydrogens (tertiary/aromatic N) is 4. The Morgan fingerprint density at radius 1 is 1.22 bits per heavy atom. The van der Waals surface area contributed by atoms with E-state index < -0.39 is 5.60 Å². The lowest BCUT2D eigenvalue weighted by molar-refractivity contribution is 0.0795. The molecule has 0 atom stereocenters. The van der Waals surface area contributed by atoms with E-state index in [1.165, 1.54) is 11.1 Å². The highest BCUT2D eigenvalue weighted by atomic mass is 16.3. The Bertz CT molecular complexity index is 926. The molecule has 0 aliphatic heterocycles. The molecule has 2 heterocycles. The van der Waals surface area contributed by atoms with Crippen LogP contribution in [-0.2, 0) is 20.0 Å². The van der Waals surface area contributed by atoms with Crippen LogP contribution >= 0.6 is 0 Å². The van der Waals surface area contributed by atoms with Crippen LogP contribution in [0.4, 0.5) is 11.5 Å². The number of imidazole rings is 1. The number of hydrogen-bond acceptors (Lipinski definition) is 5. The maximum Gasteiger partial charge on any atom is 0.134 e. The van der Waals surface area contributed by atoms with Gasteiger partial charge in [-0.3, -0.25) is 0 Å². The molecule has 0 fully saturated rings. The number of benzene rings is 1.